The molecule has 0 nitrogen and oxygen atoms in total. The number of hydrogen-bond donors (Lipinski definition) is 0. The van der Waals surface area contributed by atoms with E-state index in [1.165, 1.54) is 49.7 Å². The Morgan fingerprint density at radius 1 is 0.767 bits per heavy atom. The first kappa shape index (κ1) is 40.9. The normalized spacial score (nSPS) is 13.4. The molecule has 2 rings (SSSR count). The minimum atomic E-state index is 0. The van der Waals surface area contributed by atoms with Gasteiger partial charge in [0.2, 0.25) is 0 Å². The van der Waals surface area contributed by atoms with Gasteiger partial charge < -0.3 is 14.9 Å². The summed E-state index contributed by atoms with van der Waals surface area (Å²) in [4.78, 5) is 0. The van der Waals surface area contributed by atoms with Crippen molar-refractivity contribution in [3.8, 4) is 0 Å². The van der Waals surface area contributed by atoms with Crippen molar-refractivity contribution in [2.24, 2.45) is 11.8 Å². The van der Waals surface area contributed by atoms with Crippen LogP contribution in [0.4, 0.5) is 0 Å². The monoisotopic (exact) mass is 548 g/mol. The van der Waals surface area contributed by atoms with Crippen molar-refractivity contribution in [3.63, 3.8) is 0 Å². The van der Waals surface area contributed by atoms with Crippen molar-refractivity contribution < 1.29 is 23.3 Å². The Morgan fingerprint density at radius 2 is 1.07 bits per heavy atom. The van der Waals surface area contributed by atoms with Crippen LogP contribution in [-0.2, 0) is 23.3 Å². The Labute approximate surface area is 219 Å². The molecule has 4 heteroatoms. The molecule has 0 aromatic heterocycles. The molecule has 0 bridgehead atoms. The first-order valence-electron chi connectivity index (χ1n) is 10.4. The van der Waals surface area contributed by atoms with E-state index in [1.54, 1.807) is 34.5 Å². The van der Waals surface area contributed by atoms with Gasteiger partial charge in [-0.15, -0.1) is 37.7 Å². The fourth-order valence-corrected chi connectivity index (χ4v) is 3.32. The number of rotatable bonds is 8. The van der Waals surface area contributed by atoms with E-state index in [1.807, 2.05) is 6.88 Å². The van der Waals surface area contributed by atoms with Crippen molar-refractivity contribution in [2.45, 2.75) is 92.9 Å². The first-order chi connectivity index (χ1) is 12.4. The van der Waals surface area contributed by atoms with Gasteiger partial charge in [-0.05, 0) is 24.7 Å². The Hall–Kier alpha value is 0.640. The zero-order valence-electron chi connectivity index (χ0n) is 21.0. The molecule has 2 aliphatic rings. The number of allylic oxidation sites excluding steroid dienone is 8. The zero-order chi connectivity index (χ0) is 19.9. The summed E-state index contributed by atoms with van der Waals surface area (Å²) in [6.45, 7) is 15.5. The molecule has 0 fully saturated rings. The molecule has 0 N–H and O–H groups in total. The van der Waals surface area contributed by atoms with Crippen molar-refractivity contribution in [3.05, 3.63) is 61.4 Å². The standard InChI is InChI=1S/2C12H19.2CH3.2ClH.H2Si.Zr/c2*1-4-5-11-6-7-12(9-11)8-10(2)3;;;;;;/h2*9-10H,4-5,7-8H2,1-3H3;2*1H3;2*1H;1H2;/q4*-1;;;;. The molecule has 0 saturated carbocycles. The average molecular weight is 551 g/mol. The SMILES string of the molecule is CCCC1=[C-]CC(CC(C)C)=C1.CCCC1=[C-]CC(CC(C)C)=C1.Cl.Cl.[CH3-].[CH3-].[SiH2]=[Zr]. The summed E-state index contributed by atoms with van der Waals surface area (Å²) in [6, 6.07) is 0. The summed E-state index contributed by atoms with van der Waals surface area (Å²) in [5, 5.41) is 0. The summed E-state index contributed by atoms with van der Waals surface area (Å²) >= 11 is 1.58. The second kappa shape index (κ2) is 25.9. The second-order valence-electron chi connectivity index (χ2n) is 8.06. The van der Waals surface area contributed by atoms with Crippen molar-refractivity contribution in [2.75, 3.05) is 0 Å². The van der Waals surface area contributed by atoms with Gasteiger partial charge in [-0.3, -0.25) is 12.2 Å². The number of hydrogen-bond acceptors (Lipinski definition) is 0. The molecule has 0 atom stereocenters. The van der Waals surface area contributed by atoms with Gasteiger partial charge in [0.25, 0.3) is 0 Å². The van der Waals surface area contributed by atoms with Crippen LogP contribution in [0, 0.1) is 38.8 Å². The van der Waals surface area contributed by atoms with Gasteiger partial charge in [-0.1, -0.05) is 67.2 Å². The molecule has 0 aromatic rings. The van der Waals surface area contributed by atoms with E-state index in [-0.39, 0.29) is 39.7 Å². The molecular formula is C26H48Cl2SiZr-4. The molecule has 0 spiro atoms. The van der Waals surface area contributed by atoms with E-state index >= 15 is 0 Å². The molecule has 0 amide bonds. The zero-order valence-corrected chi connectivity index (χ0v) is 26.5. The number of halogens is 2. The molecular weight excluding hydrogens is 503 g/mol. The predicted octanol–water partition coefficient (Wildman–Crippen LogP) is 8.61. The molecule has 0 radical (unpaired) electrons. The summed E-state index contributed by atoms with van der Waals surface area (Å²) in [7, 11) is 0. The predicted molar refractivity (Wildman–Crippen MR) is 144 cm³/mol. The van der Waals surface area contributed by atoms with Gasteiger partial charge >= 0.3 is 30.2 Å². The van der Waals surface area contributed by atoms with Gasteiger partial charge in [-0.2, -0.15) is 11.1 Å². The molecule has 178 valence electrons. The fourth-order valence-electron chi connectivity index (χ4n) is 3.32. The molecule has 30 heavy (non-hydrogen) atoms. The molecule has 0 aromatic carbocycles. The van der Waals surface area contributed by atoms with Crippen LogP contribution in [0.2, 0.25) is 0 Å². The molecule has 0 aliphatic heterocycles. The maximum absolute atomic E-state index is 3.44. The van der Waals surface area contributed by atoms with Gasteiger partial charge in [-0.25, -0.2) is 23.3 Å². The molecule has 0 saturated heterocycles. The topological polar surface area (TPSA) is 0 Å². The minimum absolute atomic E-state index is 0. The van der Waals surface area contributed by atoms with E-state index in [2.05, 4.69) is 65.8 Å². The summed E-state index contributed by atoms with van der Waals surface area (Å²) in [6.07, 6.45) is 21.2. The summed E-state index contributed by atoms with van der Waals surface area (Å²) in [5.74, 6) is 1.58. The van der Waals surface area contributed by atoms with Crippen molar-refractivity contribution in [1.82, 2.24) is 0 Å². The Kier molecular flexibility index (Phi) is 35.3. The fraction of sp³-hybridized carbons (Fsp3) is 0.615. The summed E-state index contributed by atoms with van der Waals surface area (Å²) < 4.78 is 0. The third-order valence-electron chi connectivity index (χ3n) is 4.22. The Bertz CT molecular complexity index is 471. The van der Waals surface area contributed by atoms with Crippen molar-refractivity contribution in [1.29, 1.82) is 0 Å². The molecule has 2 aliphatic carbocycles. The average Bonchev–Trinajstić information content (AvgIpc) is 3.19. The van der Waals surface area contributed by atoms with E-state index in [9.17, 15) is 0 Å². The first-order valence-corrected chi connectivity index (χ1v) is 16.3. The van der Waals surface area contributed by atoms with Crippen LogP contribution < -0.4 is 0 Å². The van der Waals surface area contributed by atoms with E-state index in [0.717, 1.165) is 24.7 Å². The Morgan fingerprint density at radius 3 is 1.30 bits per heavy atom. The van der Waals surface area contributed by atoms with Crippen LogP contribution in [0.5, 0.6) is 0 Å². The second-order valence-corrected chi connectivity index (χ2v) is 8.06. The maximum atomic E-state index is 3.44. The van der Waals surface area contributed by atoms with E-state index < -0.39 is 0 Å². The van der Waals surface area contributed by atoms with Gasteiger partial charge in [0.15, 0.2) is 0 Å². The van der Waals surface area contributed by atoms with Gasteiger partial charge in [0.05, 0.1) is 0 Å². The van der Waals surface area contributed by atoms with Crippen LogP contribution >= 0.6 is 24.8 Å². The van der Waals surface area contributed by atoms with E-state index in [0.29, 0.717) is 0 Å². The van der Waals surface area contributed by atoms with Gasteiger partial charge in [0.1, 0.15) is 0 Å². The summed E-state index contributed by atoms with van der Waals surface area (Å²) in [5.41, 5.74) is 6.03. The molecule has 0 heterocycles. The van der Waals surface area contributed by atoms with Gasteiger partial charge in [0, 0.05) is 0 Å². The third kappa shape index (κ3) is 20.5. The van der Waals surface area contributed by atoms with Crippen LogP contribution in [0.15, 0.2) is 34.4 Å². The van der Waals surface area contributed by atoms with E-state index in [4.69, 9.17) is 0 Å². The Balaban J connectivity index is -0.000000114. The van der Waals surface area contributed by atoms with Crippen LogP contribution in [-0.4, -0.2) is 6.88 Å². The third-order valence-corrected chi connectivity index (χ3v) is 4.22. The van der Waals surface area contributed by atoms with Crippen LogP contribution in [0.3, 0.4) is 0 Å². The van der Waals surface area contributed by atoms with Crippen LogP contribution in [0.1, 0.15) is 92.9 Å². The van der Waals surface area contributed by atoms with Crippen molar-refractivity contribution >= 4 is 31.7 Å². The quantitative estimate of drug-likeness (QED) is 0.210. The van der Waals surface area contributed by atoms with Crippen LogP contribution in [0.25, 0.3) is 0 Å². The molecule has 0 unspecified atom stereocenters.